The molecule has 7 nitrogen and oxygen atoms in total. The minimum Gasteiger partial charge on any atom is -0.368 e. The lowest BCUT2D eigenvalue weighted by atomic mass is 10.1. The van der Waals surface area contributed by atoms with Crippen molar-refractivity contribution in [2.75, 3.05) is 18.4 Å². The molecule has 0 bridgehead atoms. The van der Waals surface area contributed by atoms with E-state index >= 15 is 0 Å². The number of alkyl halides is 3. The van der Waals surface area contributed by atoms with E-state index in [1.54, 1.807) is 12.4 Å². The third-order valence-electron chi connectivity index (χ3n) is 4.32. The van der Waals surface area contributed by atoms with Crippen LogP contribution in [0, 0.1) is 13.8 Å². The number of carbonyl (C=O) groups excluding carboxylic acids is 1. The summed E-state index contributed by atoms with van der Waals surface area (Å²) in [7, 11) is 0. The van der Waals surface area contributed by atoms with E-state index in [1.165, 1.54) is 18.5 Å². The van der Waals surface area contributed by atoms with Crippen molar-refractivity contribution in [1.82, 2.24) is 24.8 Å². The normalized spacial score (nSPS) is 11.3. The molecule has 0 fully saturated rings. The molecular formula is C19H19F3N6O. The third-order valence-corrected chi connectivity index (χ3v) is 4.32. The Morgan fingerprint density at radius 3 is 2.59 bits per heavy atom. The summed E-state index contributed by atoms with van der Waals surface area (Å²) in [5.74, 6) is 0.619. The molecule has 0 aliphatic heterocycles. The van der Waals surface area contributed by atoms with E-state index in [0.717, 1.165) is 23.5 Å². The van der Waals surface area contributed by atoms with Crippen molar-refractivity contribution in [1.29, 1.82) is 0 Å². The molecule has 152 valence electrons. The number of carbonyl (C=O) groups is 1. The molecule has 10 heteroatoms. The lowest BCUT2D eigenvalue weighted by molar-refractivity contribution is -0.137. The van der Waals surface area contributed by atoms with Gasteiger partial charge in [-0.05, 0) is 32.0 Å². The molecule has 0 spiro atoms. The van der Waals surface area contributed by atoms with Gasteiger partial charge in [-0.1, -0.05) is 6.07 Å². The van der Waals surface area contributed by atoms with Gasteiger partial charge < -0.3 is 10.6 Å². The van der Waals surface area contributed by atoms with Crippen molar-refractivity contribution < 1.29 is 18.0 Å². The van der Waals surface area contributed by atoms with Crippen LogP contribution in [0.2, 0.25) is 0 Å². The zero-order valence-electron chi connectivity index (χ0n) is 15.8. The van der Waals surface area contributed by atoms with Crippen LogP contribution in [0.4, 0.5) is 19.0 Å². The van der Waals surface area contributed by atoms with Gasteiger partial charge in [0.15, 0.2) is 0 Å². The van der Waals surface area contributed by atoms with Crippen LogP contribution in [-0.4, -0.2) is 38.5 Å². The highest BCUT2D eigenvalue weighted by atomic mass is 19.4. The van der Waals surface area contributed by atoms with Gasteiger partial charge in [-0.2, -0.15) is 13.2 Å². The average Bonchev–Trinajstić information content (AvgIpc) is 3.03. The van der Waals surface area contributed by atoms with Crippen LogP contribution in [0.15, 0.2) is 43.0 Å². The van der Waals surface area contributed by atoms with Gasteiger partial charge in [0.05, 0.1) is 11.3 Å². The summed E-state index contributed by atoms with van der Waals surface area (Å²) in [6.07, 6.45) is -1.41. The van der Waals surface area contributed by atoms with Gasteiger partial charge in [0.2, 0.25) is 0 Å². The largest absolute Gasteiger partial charge is 0.416 e. The van der Waals surface area contributed by atoms with E-state index < -0.39 is 17.6 Å². The third kappa shape index (κ3) is 4.89. The Kier molecular flexibility index (Phi) is 5.81. The quantitative estimate of drug-likeness (QED) is 0.617. The Morgan fingerprint density at radius 2 is 1.90 bits per heavy atom. The van der Waals surface area contributed by atoms with Crippen molar-refractivity contribution in [2.24, 2.45) is 0 Å². The molecule has 0 atom stereocenters. The molecule has 0 saturated heterocycles. The summed E-state index contributed by atoms with van der Waals surface area (Å²) in [5.41, 5.74) is 0.954. The van der Waals surface area contributed by atoms with Gasteiger partial charge in [-0.3, -0.25) is 9.36 Å². The van der Waals surface area contributed by atoms with Crippen molar-refractivity contribution in [3.8, 4) is 5.82 Å². The van der Waals surface area contributed by atoms with Gasteiger partial charge in [-0.25, -0.2) is 15.0 Å². The minimum absolute atomic E-state index is 0.0462. The zero-order valence-corrected chi connectivity index (χ0v) is 15.8. The number of nitrogens with one attached hydrogen (secondary N) is 2. The predicted octanol–water partition coefficient (Wildman–Crippen LogP) is 3.14. The number of amides is 1. The highest BCUT2D eigenvalue weighted by molar-refractivity contribution is 5.94. The number of imidazole rings is 1. The number of nitrogens with zero attached hydrogens (tertiary/aromatic N) is 4. The number of hydrogen-bond donors (Lipinski definition) is 2. The monoisotopic (exact) mass is 404 g/mol. The SMILES string of the molecule is Cc1ncn(-c2cc(NCCNC(=O)c3cccc(C(F)(F)F)c3)ncn2)c1C. The summed E-state index contributed by atoms with van der Waals surface area (Å²) in [6, 6.07) is 6.04. The van der Waals surface area contributed by atoms with E-state index in [9.17, 15) is 18.0 Å². The molecular weight excluding hydrogens is 385 g/mol. The van der Waals surface area contributed by atoms with Crippen LogP contribution < -0.4 is 10.6 Å². The highest BCUT2D eigenvalue weighted by Gasteiger charge is 2.30. The summed E-state index contributed by atoms with van der Waals surface area (Å²) < 4.78 is 40.1. The lowest BCUT2D eigenvalue weighted by Crippen LogP contribution is -2.29. The molecule has 0 aliphatic rings. The van der Waals surface area contributed by atoms with Crippen LogP contribution in [0.25, 0.3) is 5.82 Å². The molecule has 3 rings (SSSR count). The zero-order chi connectivity index (χ0) is 21.0. The Labute approximate surface area is 165 Å². The molecule has 0 unspecified atom stereocenters. The van der Waals surface area contributed by atoms with Crippen molar-refractivity contribution >= 4 is 11.7 Å². The average molecular weight is 404 g/mol. The number of anilines is 1. The van der Waals surface area contributed by atoms with Crippen molar-refractivity contribution in [3.05, 3.63) is 65.5 Å². The van der Waals surface area contributed by atoms with Gasteiger partial charge in [-0.15, -0.1) is 0 Å². The molecule has 1 amide bonds. The van der Waals surface area contributed by atoms with Crippen LogP contribution in [-0.2, 0) is 6.18 Å². The van der Waals surface area contributed by atoms with Crippen LogP contribution >= 0.6 is 0 Å². The molecule has 1 aromatic carbocycles. The fourth-order valence-corrected chi connectivity index (χ4v) is 2.61. The van der Waals surface area contributed by atoms with E-state index in [-0.39, 0.29) is 12.1 Å². The fourth-order valence-electron chi connectivity index (χ4n) is 2.61. The fraction of sp³-hybridized carbons (Fsp3) is 0.263. The van der Waals surface area contributed by atoms with Gasteiger partial charge in [0.1, 0.15) is 24.3 Å². The Morgan fingerprint density at radius 1 is 1.10 bits per heavy atom. The maximum Gasteiger partial charge on any atom is 0.416 e. The number of hydrogen-bond acceptors (Lipinski definition) is 5. The van der Waals surface area contributed by atoms with Crippen molar-refractivity contribution in [3.63, 3.8) is 0 Å². The first-order valence-electron chi connectivity index (χ1n) is 8.78. The number of halogens is 3. The van der Waals surface area contributed by atoms with Crippen molar-refractivity contribution in [2.45, 2.75) is 20.0 Å². The maximum absolute atomic E-state index is 12.7. The number of benzene rings is 1. The first-order valence-corrected chi connectivity index (χ1v) is 8.78. The molecule has 2 heterocycles. The summed E-state index contributed by atoms with van der Waals surface area (Å²) in [5, 5.41) is 5.62. The standard InChI is InChI=1S/C19H19F3N6O/c1-12-13(2)28(11-27-12)17-9-16(25-10-26-17)23-6-7-24-18(29)14-4-3-5-15(8-14)19(20,21)22/h3-5,8-11H,6-7H2,1-2H3,(H,24,29)(H,23,25,26). The Bertz CT molecular complexity index is 1020. The highest BCUT2D eigenvalue weighted by Crippen LogP contribution is 2.29. The van der Waals surface area contributed by atoms with Crippen LogP contribution in [0.1, 0.15) is 27.3 Å². The predicted molar refractivity (Wildman–Crippen MR) is 101 cm³/mol. The second-order valence-electron chi connectivity index (χ2n) is 6.31. The lowest BCUT2D eigenvalue weighted by Gasteiger charge is -2.10. The molecule has 0 aliphatic carbocycles. The second-order valence-corrected chi connectivity index (χ2v) is 6.31. The first-order chi connectivity index (χ1) is 13.8. The number of rotatable bonds is 6. The smallest absolute Gasteiger partial charge is 0.368 e. The van der Waals surface area contributed by atoms with Gasteiger partial charge in [0, 0.05) is 30.4 Å². The summed E-state index contributed by atoms with van der Waals surface area (Å²) >= 11 is 0. The minimum atomic E-state index is -4.49. The van der Waals surface area contributed by atoms with Crippen LogP contribution in [0.5, 0.6) is 0 Å². The summed E-state index contributed by atoms with van der Waals surface area (Å²) in [6.45, 7) is 4.38. The van der Waals surface area contributed by atoms with Gasteiger partial charge in [0.25, 0.3) is 5.91 Å². The van der Waals surface area contributed by atoms with E-state index in [4.69, 9.17) is 0 Å². The Balaban J connectivity index is 1.55. The molecule has 2 aromatic heterocycles. The number of aromatic nitrogens is 4. The van der Waals surface area contributed by atoms with Gasteiger partial charge >= 0.3 is 6.18 Å². The molecule has 3 aromatic rings. The molecule has 2 N–H and O–H groups in total. The Hall–Kier alpha value is -3.43. The maximum atomic E-state index is 12.7. The van der Waals surface area contributed by atoms with E-state index in [0.29, 0.717) is 18.2 Å². The first kappa shape index (κ1) is 20.3. The van der Waals surface area contributed by atoms with E-state index in [2.05, 4.69) is 25.6 Å². The molecule has 0 saturated carbocycles. The topological polar surface area (TPSA) is 84.7 Å². The second kappa shape index (κ2) is 8.29. The van der Waals surface area contributed by atoms with E-state index in [1.807, 2.05) is 18.4 Å². The molecule has 29 heavy (non-hydrogen) atoms. The molecule has 0 radical (unpaired) electrons. The number of aryl methyl sites for hydroxylation is 1. The summed E-state index contributed by atoms with van der Waals surface area (Å²) in [4.78, 5) is 24.6. The van der Waals surface area contributed by atoms with Crippen LogP contribution in [0.3, 0.4) is 0 Å².